The van der Waals surface area contributed by atoms with Crippen LogP contribution in [0.25, 0.3) is 0 Å². The van der Waals surface area contributed by atoms with E-state index in [0.29, 0.717) is 5.92 Å². The molecule has 0 aliphatic carbocycles. The van der Waals surface area contributed by atoms with Gasteiger partial charge in [0.1, 0.15) is 7.85 Å². The van der Waals surface area contributed by atoms with Crippen LogP contribution in [-0.4, -0.2) is 7.85 Å². The molecule has 0 spiro atoms. The summed E-state index contributed by atoms with van der Waals surface area (Å²) in [5.74, 6) is 0.598. The molecule has 1 aromatic carbocycles. The summed E-state index contributed by atoms with van der Waals surface area (Å²) in [4.78, 5) is 0. The van der Waals surface area contributed by atoms with Crippen LogP contribution in [-0.2, 0) is 0 Å². The predicted octanol–water partition coefficient (Wildman–Crippen LogP) is 1.60. The third kappa shape index (κ3) is 1.63. The van der Waals surface area contributed by atoms with Gasteiger partial charge in [0.25, 0.3) is 0 Å². The molecule has 0 fully saturated rings. The summed E-state index contributed by atoms with van der Waals surface area (Å²) in [6, 6.07) is 8.02. The highest BCUT2D eigenvalue weighted by atomic mass is 14.0. The molecule has 0 aliphatic heterocycles. The number of hydrogen-bond acceptors (Lipinski definition) is 0. The second-order valence-electron chi connectivity index (χ2n) is 2.82. The zero-order valence-electron chi connectivity index (χ0n) is 6.46. The van der Waals surface area contributed by atoms with Crippen molar-refractivity contribution in [3.8, 4) is 0 Å². The van der Waals surface area contributed by atoms with Crippen molar-refractivity contribution in [3.05, 3.63) is 29.8 Å². The van der Waals surface area contributed by atoms with Gasteiger partial charge in [-0.15, -0.1) is 0 Å². The molecule has 0 aliphatic rings. The van der Waals surface area contributed by atoms with Crippen molar-refractivity contribution < 1.29 is 0 Å². The summed E-state index contributed by atoms with van der Waals surface area (Å²) in [6.45, 7) is 4.34. The lowest BCUT2D eigenvalue weighted by Gasteiger charge is -2.03. The van der Waals surface area contributed by atoms with Crippen molar-refractivity contribution in [1.82, 2.24) is 0 Å². The quantitative estimate of drug-likeness (QED) is 0.506. The van der Waals surface area contributed by atoms with Gasteiger partial charge in [-0.3, -0.25) is 0 Å². The van der Waals surface area contributed by atoms with Crippen molar-refractivity contribution in [1.29, 1.82) is 0 Å². The summed E-state index contributed by atoms with van der Waals surface area (Å²) in [5, 5.41) is 0. The van der Waals surface area contributed by atoms with E-state index < -0.39 is 0 Å². The topological polar surface area (TPSA) is 0 Å². The lowest BCUT2D eigenvalue weighted by atomic mass is 9.93. The van der Waals surface area contributed by atoms with E-state index >= 15 is 0 Å². The van der Waals surface area contributed by atoms with Gasteiger partial charge in [0.05, 0.1) is 0 Å². The highest BCUT2D eigenvalue weighted by Gasteiger charge is 1.95. The molecule has 0 nitrogen and oxygen atoms in total. The molecule has 0 saturated heterocycles. The first kappa shape index (κ1) is 7.39. The molecule has 1 rings (SSSR count). The van der Waals surface area contributed by atoms with E-state index in [4.69, 9.17) is 7.85 Å². The smallest absolute Gasteiger partial charge is 0.0967 e. The lowest BCUT2D eigenvalue weighted by molar-refractivity contribution is 0.867. The van der Waals surface area contributed by atoms with Gasteiger partial charge in [-0.05, 0) is 11.5 Å². The van der Waals surface area contributed by atoms with E-state index in [9.17, 15) is 0 Å². The molecule has 0 amide bonds. The maximum absolute atomic E-state index is 5.53. The molecular weight excluding hydrogens is 119 g/mol. The average Bonchev–Trinajstić information content (AvgIpc) is 1.88. The van der Waals surface area contributed by atoms with Crippen LogP contribution < -0.4 is 5.46 Å². The standard InChI is InChI=1S/C9H11B/c1-7(2)8-3-5-9(10)6-4-8/h3-7H,1-2H3. The molecule has 0 saturated carbocycles. The van der Waals surface area contributed by atoms with Crippen LogP contribution in [0.2, 0.25) is 0 Å². The van der Waals surface area contributed by atoms with Crippen molar-refractivity contribution in [2.75, 3.05) is 0 Å². The fourth-order valence-electron chi connectivity index (χ4n) is 0.881. The van der Waals surface area contributed by atoms with Crippen molar-refractivity contribution in [2.24, 2.45) is 0 Å². The Bertz CT molecular complexity index is 198. The van der Waals surface area contributed by atoms with Crippen molar-refractivity contribution in [2.45, 2.75) is 19.8 Å². The first-order chi connectivity index (χ1) is 4.70. The molecule has 1 heteroatoms. The molecule has 50 valence electrons. The Hall–Kier alpha value is -0.715. The minimum Gasteiger partial charge on any atom is -0.0967 e. The maximum Gasteiger partial charge on any atom is 0.113 e. The average molecular weight is 130 g/mol. The number of rotatable bonds is 1. The van der Waals surface area contributed by atoms with Gasteiger partial charge in [0.2, 0.25) is 0 Å². The number of benzene rings is 1. The first-order valence-electron chi connectivity index (χ1n) is 3.55. The molecule has 2 radical (unpaired) electrons. The molecule has 0 N–H and O–H groups in total. The molecular formula is C9H11B. The van der Waals surface area contributed by atoms with Crippen molar-refractivity contribution in [3.63, 3.8) is 0 Å². The Labute approximate surface area is 63.7 Å². The van der Waals surface area contributed by atoms with Gasteiger partial charge in [-0.25, -0.2) is 0 Å². The Morgan fingerprint density at radius 2 is 1.60 bits per heavy atom. The van der Waals surface area contributed by atoms with E-state index in [0.717, 1.165) is 5.46 Å². The Morgan fingerprint density at radius 3 is 2.00 bits per heavy atom. The molecule has 0 unspecified atom stereocenters. The summed E-state index contributed by atoms with van der Waals surface area (Å²) >= 11 is 0. The van der Waals surface area contributed by atoms with Gasteiger partial charge in [-0.1, -0.05) is 43.6 Å². The van der Waals surface area contributed by atoms with Gasteiger partial charge in [0, 0.05) is 0 Å². The Balaban J connectivity index is 2.89. The summed E-state index contributed by atoms with van der Waals surface area (Å²) in [7, 11) is 5.53. The third-order valence-electron chi connectivity index (χ3n) is 1.60. The van der Waals surface area contributed by atoms with E-state index in [1.165, 1.54) is 5.56 Å². The minimum absolute atomic E-state index is 0.598. The largest absolute Gasteiger partial charge is 0.113 e. The fraction of sp³-hybridized carbons (Fsp3) is 0.333. The van der Waals surface area contributed by atoms with Crippen LogP contribution in [0.3, 0.4) is 0 Å². The van der Waals surface area contributed by atoms with E-state index in [1.54, 1.807) is 0 Å². The molecule has 1 aromatic rings. The normalized spacial score (nSPS) is 10.3. The van der Waals surface area contributed by atoms with Crippen LogP contribution in [0.1, 0.15) is 25.3 Å². The van der Waals surface area contributed by atoms with Crippen LogP contribution in [0.5, 0.6) is 0 Å². The van der Waals surface area contributed by atoms with E-state index in [2.05, 4.69) is 26.0 Å². The third-order valence-corrected chi connectivity index (χ3v) is 1.60. The molecule has 0 bridgehead atoms. The second kappa shape index (κ2) is 2.91. The lowest BCUT2D eigenvalue weighted by Crippen LogP contribution is -2.00. The van der Waals surface area contributed by atoms with Crippen LogP contribution in [0.4, 0.5) is 0 Å². The van der Waals surface area contributed by atoms with E-state index in [1.807, 2.05) is 12.1 Å². The summed E-state index contributed by atoms with van der Waals surface area (Å²) < 4.78 is 0. The molecule has 0 atom stereocenters. The zero-order valence-corrected chi connectivity index (χ0v) is 6.46. The van der Waals surface area contributed by atoms with E-state index in [-0.39, 0.29) is 0 Å². The van der Waals surface area contributed by atoms with Gasteiger partial charge in [0.15, 0.2) is 0 Å². The maximum atomic E-state index is 5.53. The molecule has 10 heavy (non-hydrogen) atoms. The second-order valence-corrected chi connectivity index (χ2v) is 2.82. The Kier molecular flexibility index (Phi) is 2.15. The summed E-state index contributed by atoms with van der Waals surface area (Å²) in [5.41, 5.74) is 2.18. The van der Waals surface area contributed by atoms with Gasteiger partial charge in [-0.2, -0.15) is 0 Å². The Morgan fingerprint density at radius 1 is 1.10 bits per heavy atom. The van der Waals surface area contributed by atoms with Crippen LogP contribution >= 0.6 is 0 Å². The summed E-state index contributed by atoms with van der Waals surface area (Å²) in [6.07, 6.45) is 0. The molecule has 0 heterocycles. The van der Waals surface area contributed by atoms with Crippen LogP contribution in [0.15, 0.2) is 24.3 Å². The van der Waals surface area contributed by atoms with Gasteiger partial charge >= 0.3 is 0 Å². The SMILES string of the molecule is [B]c1ccc(C(C)C)cc1. The number of hydrogen-bond donors (Lipinski definition) is 0. The fourth-order valence-corrected chi connectivity index (χ4v) is 0.881. The minimum atomic E-state index is 0.598. The highest BCUT2D eigenvalue weighted by molar-refractivity contribution is 6.32. The first-order valence-corrected chi connectivity index (χ1v) is 3.55. The monoisotopic (exact) mass is 130 g/mol. The predicted molar refractivity (Wildman–Crippen MR) is 45.9 cm³/mol. The van der Waals surface area contributed by atoms with Crippen LogP contribution in [0, 0.1) is 0 Å². The molecule has 0 aromatic heterocycles. The highest BCUT2D eigenvalue weighted by Crippen LogP contribution is 2.10. The van der Waals surface area contributed by atoms with Gasteiger partial charge < -0.3 is 0 Å². The zero-order chi connectivity index (χ0) is 7.56. The van der Waals surface area contributed by atoms with Crippen molar-refractivity contribution >= 4 is 13.3 Å².